The van der Waals surface area contributed by atoms with E-state index in [-0.39, 0.29) is 12.5 Å². The number of para-hydroxylation sites is 1. The molecule has 1 heterocycles. The fourth-order valence-electron chi connectivity index (χ4n) is 3.04. The van der Waals surface area contributed by atoms with Gasteiger partial charge < -0.3 is 9.32 Å². The van der Waals surface area contributed by atoms with Crippen molar-refractivity contribution in [3.8, 4) is 0 Å². The molecular formula is C22H24ClN3O2. The number of aryl methyl sites for hydroxylation is 1. The lowest BCUT2D eigenvalue weighted by atomic mass is 10.0. The summed E-state index contributed by atoms with van der Waals surface area (Å²) in [6, 6.07) is 17.6. The van der Waals surface area contributed by atoms with Crippen LogP contribution in [0.5, 0.6) is 0 Å². The first kappa shape index (κ1) is 20.1. The van der Waals surface area contributed by atoms with E-state index in [9.17, 15) is 4.79 Å². The molecule has 0 spiro atoms. The fourth-order valence-corrected chi connectivity index (χ4v) is 3.16. The first-order chi connectivity index (χ1) is 13.6. The molecule has 0 saturated heterocycles. The fraction of sp³-hybridized carbons (Fsp3) is 0.318. The number of nitrogens with zero attached hydrogens (tertiary/aromatic N) is 3. The molecule has 3 rings (SSSR count). The minimum Gasteiger partial charge on any atom is -0.423 e. The maximum absolute atomic E-state index is 12.8. The number of halogens is 1. The highest BCUT2D eigenvalue weighted by Crippen LogP contribution is 2.21. The van der Waals surface area contributed by atoms with Gasteiger partial charge in [0.05, 0.1) is 6.42 Å². The molecule has 0 N–H and O–H groups in total. The van der Waals surface area contributed by atoms with Gasteiger partial charge in [-0.3, -0.25) is 4.79 Å². The molecule has 0 radical (unpaired) electrons. The molecule has 146 valence electrons. The van der Waals surface area contributed by atoms with Gasteiger partial charge in [0.1, 0.15) is 11.9 Å². The van der Waals surface area contributed by atoms with Gasteiger partial charge in [0, 0.05) is 5.69 Å². The number of hydrogen-bond donors (Lipinski definition) is 0. The van der Waals surface area contributed by atoms with Gasteiger partial charge >= 0.3 is 0 Å². The number of amides is 1. The zero-order chi connectivity index (χ0) is 19.9. The zero-order valence-corrected chi connectivity index (χ0v) is 16.9. The molecule has 1 unspecified atom stereocenters. The van der Waals surface area contributed by atoms with Crippen molar-refractivity contribution in [1.82, 2.24) is 10.2 Å². The van der Waals surface area contributed by atoms with Crippen molar-refractivity contribution in [2.45, 2.75) is 45.0 Å². The number of anilines is 1. The van der Waals surface area contributed by atoms with Crippen LogP contribution in [-0.4, -0.2) is 21.5 Å². The molecule has 0 saturated carbocycles. The number of benzene rings is 2. The van der Waals surface area contributed by atoms with Crippen LogP contribution in [0.2, 0.25) is 0 Å². The molecule has 0 aliphatic carbocycles. The molecule has 0 fully saturated rings. The largest absolute Gasteiger partial charge is 0.423 e. The van der Waals surface area contributed by atoms with E-state index < -0.39 is 5.38 Å². The van der Waals surface area contributed by atoms with Crippen LogP contribution in [-0.2, 0) is 24.2 Å². The Balaban J connectivity index is 1.79. The van der Waals surface area contributed by atoms with Crippen molar-refractivity contribution in [3.05, 3.63) is 77.5 Å². The van der Waals surface area contributed by atoms with Crippen molar-refractivity contribution in [2.24, 2.45) is 0 Å². The van der Waals surface area contributed by atoms with Gasteiger partial charge in [-0.15, -0.1) is 21.8 Å². The van der Waals surface area contributed by atoms with E-state index in [1.165, 1.54) is 11.1 Å². The van der Waals surface area contributed by atoms with Gasteiger partial charge in [0.15, 0.2) is 0 Å². The predicted octanol–water partition coefficient (Wildman–Crippen LogP) is 4.77. The Hall–Kier alpha value is -2.66. The number of aromatic nitrogens is 2. The minimum absolute atomic E-state index is 0.175. The molecule has 5 nitrogen and oxygen atoms in total. The van der Waals surface area contributed by atoms with Crippen molar-refractivity contribution in [1.29, 1.82) is 0 Å². The first-order valence-electron chi connectivity index (χ1n) is 9.50. The Bertz CT molecular complexity index is 911. The quantitative estimate of drug-likeness (QED) is 0.513. The summed E-state index contributed by atoms with van der Waals surface area (Å²) in [6.45, 7) is 4.20. The summed E-state index contributed by atoms with van der Waals surface area (Å²) in [5, 5.41) is 7.72. The van der Waals surface area contributed by atoms with Gasteiger partial charge in [0.2, 0.25) is 17.7 Å². The average molecular weight is 398 g/mol. The van der Waals surface area contributed by atoms with Gasteiger partial charge in [0.25, 0.3) is 0 Å². The summed E-state index contributed by atoms with van der Waals surface area (Å²) in [5.41, 5.74) is 3.18. The van der Waals surface area contributed by atoms with Crippen molar-refractivity contribution in [3.63, 3.8) is 0 Å². The van der Waals surface area contributed by atoms with E-state index in [0.717, 1.165) is 12.1 Å². The van der Waals surface area contributed by atoms with Gasteiger partial charge in [-0.1, -0.05) is 56.3 Å². The van der Waals surface area contributed by atoms with Crippen LogP contribution in [0.4, 0.5) is 5.69 Å². The standard InChI is InChI=1S/C22H24ClN3O2/c1-3-16-10-8-9-11-17(16)14-20-24-25-21(28-20)15-26(22(27)19(23)4-2)18-12-6-5-7-13-18/h5-13,19H,3-4,14-15H2,1-2H3. The highest BCUT2D eigenvalue weighted by molar-refractivity contribution is 6.32. The van der Waals surface area contributed by atoms with Gasteiger partial charge in [-0.05, 0) is 36.1 Å². The molecule has 0 bridgehead atoms. The number of alkyl halides is 1. The topological polar surface area (TPSA) is 59.2 Å². The highest BCUT2D eigenvalue weighted by atomic mass is 35.5. The molecular weight excluding hydrogens is 374 g/mol. The zero-order valence-electron chi connectivity index (χ0n) is 16.1. The molecule has 6 heteroatoms. The Morgan fingerprint density at radius 1 is 1.00 bits per heavy atom. The minimum atomic E-state index is -0.598. The SMILES string of the molecule is CCc1ccccc1Cc1nnc(CN(C(=O)C(Cl)CC)c2ccccc2)o1. The normalized spacial score (nSPS) is 12.0. The Morgan fingerprint density at radius 3 is 2.32 bits per heavy atom. The van der Waals surface area contributed by atoms with Crippen molar-refractivity contribution >= 4 is 23.2 Å². The maximum atomic E-state index is 12.8. The van der Waals surface area contributed by atoms with E-state index in [0.29, 0.717) is 24.6 Å². The van der Waals surface area contributed by atoms with E-state index in [2.05, 4.69) is 29.3 Å². The average Bonchev–Trinajstić information content (AvgIpc) is 3.19. The molecule has 28 heavy (non-hydrogen) atoms. The predicted molar refractivity (Wildman–Crippen MR) is 110 cm³/mol. The van der Waals surface area contributed by atoms with Gasteiger partial charge in [-0.2, -0.15) is 0 Å². The number of rotatable bonds is 8. The lowest BCUT2D eigenvalue weighted by Crippen LogP contribution is -2.36. The molecule has 3 aromatic rings. The smallest absolute Gasteiger partial charge is 0.245 e. The second kappa shape index (κ2) is 9.51. The molecule has 1 amide bonds. The highest BCUT2D eigenvalue weighted by Gasteiger charge is 2.24. The lowest BCUT2D eigenvalue weighted by molar-refractivity contribution is -0.118. The number of carbonyl (C=O) groups is 1. The van der Waals surface area contributed by atoms with E-state index in [1.807, 2.05) is 49.4 Å². The monoisotopic (exact) mass is 397 g/mol. The lowest BCUT2D eigenvalue weighted by Gasteiger charge is -2.23. The molecule has 0 aliphatic rings. The van der Waals surface area contributed by atoms with E-state index >= 15 is 0 Å². The van der Waals surface area contributed by atoms with Crippen LogP contribution in [0.25, 0.3) is 0 Å². The second-order valence-corrected chi connectivity index (χ2v) is 7.05. The maximum Gasteiger partial charge on any atom is 0.245 e. The molecule has 2 aromatic carbocycles. The summed E-state index contributed by atoms with van der Waals surface area (Å²) in [4.78, 5) is 14.4. The Kier molecular flexibility index (Phi) is 6.82. The molecule has 0 aliphatic heterocycles. The van der Waals surface area contributed by atoms with Crippen LogP contribution in [0.1, 0.15) is 43.2 Å². The molecule has 1 atom stereocenters. The van der Waals surface area contributed by atoms with Crippen LogP contribution >= 0.6 is 11.6 Å². The van der Waals surface area contributed by atoms with E-state index in [1.54, 1.807) is 4.90 Å². The first-order valence-corrected chi connectivity index (χ1v) is 9.94. The van der Waals surface area contributed by atoms with E-state index in [4.69, 9.17) is 16.0 Å². The Morgan fingerprint density at radius 2 is 1.64 bits per heavy atom. The van der Waals surface area contributed by atoms with Crippen molar-refractivity contribution < 1.29 is 9.21 Å². The van der Waals surface area contributed by atoms with Crippen LogP contribution in [0, 0.1) is 0 Å². The van der Waals surface area contributed by atoms with Gasteiger partial charge in [-0.25, -0.2) is 0 Å². The summed E-state index contributed by atoms with van der Waals surface area (Å²) < 4.78 is 5.84. The molecule has 1 aromatic heterocycles. The van der Waals surface area contributed by atoms with Crippen LogP contribution < -0.4 is 4.90 Å². The second-order valence-electron chi connectivity index (χ2n) is 6.52. The Labute approximate surface area is 170 Å². The third-order valence-electron chi connectivity index (χ3n) is 4.60. The number of hydrogen-bond acceptors (Lipinski definition) is 4. The van der Waals surface area contributed by atoms with Crippen molar-refractivity contribution in [2.75, 3.05) is 4.90 Å². The summed E-state index contributed by atoms with van der Waals surface area (Å²) in [5.74, 6) is 0.752. The summed E-state index contributed by atoms with van der Waals surface area (Å²) in [6.07, 6.45) is 2.07. The number of carbonyl (C=O) groups excluding carboxylic acids is 1. The third-order valence-corrected chi connectivity index (χ3v) is 5.10. The third kappa shape index (κ3) is 4.78. The summed E-state index contributed by atoms with van der Waals surface area (Å²) in [7, 11) is 0. The summed E-state index contributed by atoms with van der Waals surface area (Å²) >= 11 is 6.21. The van der Waals surface area contributed by atoms with Crippen LogP contribution in [0.15, 0.2) is 59.0 Å². The van der Waals surface area contributed by atoms with Crippen LogP contribution in [0.3, 0.4) is 0 Å².